The van der Waals surface area contributed by atoms with Gasteiger partial charge in [-0.15, -0.1) is 12.6 Å². The lowest BCUT2D eigenvalue weighted by molar-refractivity contribution is -0.782. The zero-order valence-corrected chi connectivity index (χ0v) is 10.9. The molecule has 0 aliphatic carbocycles. The molecule has 0 bridgehead atoms. The van der Waals surface area contributed by atoms with E-state index in [4.69, 9.17) is 0 Å². The van der Waals surface area contributed by atoms with Crippen LogP contribution in [0.2, 0.25) is 12.6 Å². The van der Waals surface area contributed by atoms with Crippen molar-refractivity contribution in [1.29, 1.82) is 0 Å². The number of quaternary nitrogens is 1. The van der Waals surface area contributed by atoms with E-state index in [-0.39, 0.29) is 6.28 Å². The minimum absolute atomic E-state index is 0.296. The molecule has 0 unspecified atom stereocenters. The van der Waals surface area contributed by atoms with E-state index in [9.17, 15) is 0 Å². The second kappa shape index (κ2) is 3.73. The molecule has 0 aromatic rings. The molecule has 0 radical (unpaired) electrons. The minimum Gasteiger partial charge on any atom is -0.513 e. The maximum Gasteiger partial charge on any atom is 0.232 e. The van der Waals surface area contributed by atoms with E-state index < -0.39 is 0 Å². The van der Waals surface area contributed by atoms with Crippen LogP contribution in [-0.4, -0.2) is 31.3 Å². The second-order valence-electron chi connectivity index (χ2n) is 5.60. The van der Waals surface area contributed by atoms with Crippen molar-refractivity contribution in [2.24, 2.45) is 0 Å². The van der Waals surface area contributed by atoms with Crippen molar-refractivity contribution in [2.45, 2.75) is 46.8 Å². The summed E-state index contributed by atoms with van der Waals surface area (Å²) >= 11 is 0. The molecular formula is C12H26BN. The second-order valence-corrected chi connectivity index (χ2v) is 5.60. The number of allylic oxidation sites excluding steroid dienone is 1. The predicted molar refractivity (Wildman–Crippen MR) is 66.7 cm³/mol. The molecule has 0 atom stereocenters. The average Bonchev–Trinajstić information content (AvgIpc) is 2.31. The maximum atomic E-state index is 2.42. The third-order valence-corrected chi connectivity index (χ3v) is 4.91. The zero-order chi connectivity index (χ0) is 11.0. The van der Waals surface area contributed by atoms with Gasteiger partial charge in [-0.05, 0) is 6.92 Å². The lowest BCUT2D eigenvalue weighted by Crippen LogP contribution is -2.61. The van der Waals surface area contributed by atoms with Gasteiger partial charge in [0.2, 0.25) is 6.28 Å². The number of likely N-dealkylation sites (N-methyl/N-ethyl adjacent to an activating group) is 1. The van der Waals surface area contributed by atoms with E-state index >= 15 is 0 Å². The lowest BCUT2D eigenvalue weighted by Gasteiger charge is -2.52. The van der Waals surface area contributed by atoms with Crippen molar-refractivity contribution in [3.63, 3.8) is 0 Å². The van der Waals surface area contributed by atoms with Crippen molar-refractivity contribution < 1.29 is 4.39 Å². The van der Waals surface area contributed by atoms with Crippen molar-refractivity contribution in [3.8, 4) is 0 Å². The van der Waals surface area contributed by atoms with Gasteiger partial charge in [-0.25, -0.2) is 0 Å². The first-order valence-electron chi connectivity index (χ1n) is 6.15. The van der Waals surface area contributed by atoms with Crippen LogP contribution in [0.4, 0.5) is 0 Å². The van der Waals surface area contributed by atoms with Gasteiger partial charge < -0.3 is 4.39 Å². The van der Waals surface area contributed by atoms with E-state index in [0.29, 0.717) is 0 Å². The Bertz CT molecular complexity index is 249. The normalized spacial score (nSPS) is 24.4. The number of hydrogen-bond donors (Lipinski definition) is 0. The van der Waals surface area contributed by atoms with Gasteiger partial charge in [-0.1, -0.05) is 32.8 Å². The van der Waals surface area contributed by atoms with Crippen LogP contribution in [0.1, 0.15) is 34.1 Å². The van der Waals surface area contributed by atoms with Gasteiger partial charge in [0, 0.05) is 14.1 Å². The van der Waals surface area contributed by atoms with Crippen molar-refractivity contribution >= 4 is 6.28 Å². The molecule has 0 saturated heterocycles. The number of hydrogen-bond acceptors (Lipinski definition) is 0. The van der Waals surface area contributed by atoms with Crippen LogP contribution in [0.25, 0.3) is 0 Å². The molecule has 0 amide bonds. The summed E-state index contributed by atoms with van der Waals surface area (Å²) in [5.74, 6) is 0. The van der Waals surface area contributed by atoms with Gasteiger partial charge >= 0.3 is 0 Å². The molecule has 0 aromatic carbocycles. The standard InChI is InChI=1S/C12H26BN/c1-7-12-11(4)10-14(5,6)13(12,8-2)9-3/h7-10H2,1-6H3. The molecule has 1 aliphatic rings. The van der Waals surface area contributed by atoms with Gasteiger partial charge in [0.25, 0.3) is 0 Å². The Morgan fingerprint density at radius 2 is 1.64 bits per heavy atom. The van der Waals surface area contributed by atoms with Crippen LogP contribution in [0.15, 0.2) is 11.0 Å². The highest BCUT2D eigenvalue weighted by molar-refractivity contribution is 6.80. The molecule has 0 spiro atoms. The molecule has 82 valence electrons. The molecule has 1 aliphatic heterocycles. The minimum atomic E-state index is -0.296. The fourth-order valence-corrected chi connectivity index (χ4v) is 4.22. The third-order valence-electron chi connectivity index (χ3n) is 4.91. The van der Waals surface area contributed by atoms with Crippen molar-refractivity contribution in [2.75, 3.05) is 20.6 Å². The molecule has 1 heterocycles. The Hall–Kier alpha value is -0.235. The maximum absolute atomic E-state index is 2.42. The summed E-state index contributed by atoms with van der Waals surface area (Å²) in [5.41, 5.74) is 3.46. The van der Waals surface area contributed by atoms with E-state index in [0.717, 1.165) is 0 Å². The molecule has 14 heavy (non-hydrogen) atoms. The van der Waals surface area contributed by atoms with Gasteiger partial charge in [0.15, 0.2) is 0 Å². The molecule has 2 heteroatoms. The highest BCUT2D eigenvalue weighted by Gasteiger charge is 2.45. The highest BCUT2D eigenvalue weighted by Crippen LogP contribution is 2.41. The first-order chi connectivity index (χ1) is 6.45. The molecule has 0 saturated carbocycles. The first-order valence-corrected chi connectivity index (χ1v) is 6.15. The monoisotopic (exact) mass is 195 g/mol. The highest BCUT2D eigenvalue weighted by atomic mass is 15.3. The van der Waals surface area contributed by atoms with E-state index in [1.165, 1.54) is 30.0 Å². The predicted octanol–water partition coefficient (Wildman–Crippen LogP) is 3.33. The summed E-state index contributed by atoms with van der Waals surface area (Å²) in [5, 5.41) is 0. The van der Waals surface area contributed by atoms with E-state index in [1.54, 1.807) is 11.0 Å². The van der Waals surface area contributed by atoms with Gasteiger partial charge in [0.1, 0.15) is 0 Å². The topological polar surface area (TPSA) is 0 Å². The summed E-state index contributed by atoms with van der Waals surface area (Å²) in [4.78, 5) is 0. The quantitative estimate of drug-likeness (QED) is 0.606. The summed E-state index contributed by atoms with van der Waals surface area (Å²) in [6.45, 7) is 10.7. The number of rotatable bonds is 3. The van der Waals surface area contributed by atoms with E-state index in [2.05, 4.69) is 41.8 Å². The average molecular weight is 195 g/mol. The molecular weight excluding hydrogens is 169 g/mol. The van der Waals surface area contributed by atoms with Crippen LogP contribution >= 0.6 is 0 Å². The Kier molecular flexibility index (Phi) is 3.15. The van der Waals surface area contributed by atoms with E-state index in [1.807, 2.05) is 0 Å². The van der Waals surface area contributed by atoms with Gasteiger partial charge in [-0.3, -0.25) is 0 Å². The molecule has 0 N–H and O–H groups in total. The Labute approximate surface area is 89.7 Å². The molecule has 1 rings (SSSR count). The van der Waals surface area contributed by atoms with Crippen LogP contribution in [0.3, 0.4) is 0 Å². The Morgan fingerprint density at radius 3 is 1.93 bits per heavy atom. The van der Waals surface area contributed by atoms with Crippen LogP contribution in [0, 0.1) is 0 Å². The van der Waals surface area contributed by atoms with Crippen LogP contribution in [0.5, 0.6) is 0 Å². The van der Waals surface area contributed by atoms with Gasteiger partial charge in [-0.2, -0.15) is 5.47 Å². The zero-order valence-electron chi connectivity index (χ0n) is 10.9. The first kappa shape index (κ1) is 11.8. The van der Waals surface area contributed by atoms with Crippen LogP contribution < -0.4 is 0 Å². The SMILES string of the molecule is CCC1=C(C)C[N+](C)(C)[B-]1(CC)CC. The number of nitrogens with zero attached hydrogens (tertiary/aromatic N) is 1. The van der Waals surface area contributed by atoms with Crippen LogP contribution in [-0.2, 0) is 0 Å². The fourth-order valence-electron chi connectivity index (χ4n) is 4.22. The van der Waals surface area contributed by atoms with Crippen molar-refractivity contribution in [3.05, 3.63) is 11.0 Å². The fraction of sp³-hybridized carbons (Fsp3) is 0.833. The smallest absolute Gasteiger partial charge is 0.232 e. The summed E-state index contributed by atoms with van der Waals surface area (Å²) < 4.78 is 1.22. The molecule has 1 nitrogen and oxygen atoms in total. The Morgan fingerprint density at radius 1 is 1.14 bits per heavy atom. The Balaban J connectivity index is 3.20. The largest absolute Gasteiger partial charge is 0.513 e. The van der Waals surface area contributed by atoms with Crippen molar-refractivity contribution in [1.82, 2.24) is 0 Å². The lowest BCUT2D eigenvalue weighted by atomic mass is 9.25. The van der Waals surface area contributed by atoms with Gasteiger partial charge in [0.05, 0.1) is 6.54 Å². The molecule has 0 fully saturated rings. The molecule has 0 aromatic heterocycles. The summed E-state index contributed by atoms with van der Waals surface area (Å²) in [7, 11) is 4.83. The third kappa shape index (κ3) is 1.35. The summed E-state index contributed by atoms with van der Waals surface area (Å²) in [6, 6.07) is 0. The summed E-state index contributed by atoms with van der Waals surface area (Å²) in [6.07, 6.45) is 3.64.